The zero-order chi connectivity index (χ0) is 16.2. The number of furan rings is 1. The molecule has 2 heterocycles. The number of carbonyl (C=O) groups excluding carboxylic acids is 1. The number of hydrogen-bond acceptors (Lipinski definition) is 4. The third-order valence-electron chi connectivity index (χ3n) is 4.20. The molecule has 1 fully saturated rings. The maximum absolute atomic E-state index is 12.9. The van der Waals surface area contributed by atoms with Gasteiger partial charge in [0.2, 0.25) is 5.91 Å². The molecule has 0 aliphatic carbocycles. The van der Waals surface area contributed by atoms with Crippen molar-refractivity contribution in [2.75, 3.05) is 19.8 Å². The second-order valence-electron chi connectivity index (χ2n) is 5.67. The highest BCUT2D eigenvalue weighted by atomic mass is 16.5. The molecule has 0 radical (unpaired) electrons. The lowest BCUT2D eigenvalue weighted by atomic mass is 10.0. The van der Waals surface area contributed by atoms with E-state index in [1.54, 1.807) is 4.90 Å². The molecular weight excluding hydrogens is 292 g/mol. The van der Waals surface area contributed by atoms with E-state index in [-0.39, 0.29) is 11.9 Å². The fourth-order valence-electron chi connectivity index (χ4n) is 2.85. The van der Waals surface area contributed by atoms with Crippen molar-refractivity contribution in [3.63, 3.8) is 0 Å². The van der Waals surface area contributed by atoms with Gasteiger partial charge < -0.3 is 19.8 Å². The number of aryl methyl sites for hydroxylation is 1. The van der Waals surface area contributed by atoms with Gasteiger partial charge in [0.15, 0.2) is 0 Å². The minimum Gasteiger partial charge on any atom is -0.464 e. The van der Waals surface area contributed by atoms with Crippen LogP contribution in [0.5, 0.6) is 0 Å². The quantitative estimate of drug-likeness (QED) is 0.941. The molecule has 3 rings (SSSR count). The average molecular weight is 314 g/mol. The van der Waals surface area contributed by atoms with Gasteiger partial charge in [-0.2, -0.15) is 0 Å². The molecule has 2 aromatic rings. The van der Waals surface area contributed by atoms with Gasteiger partial charge in [-0.05, 0) is 17.7 Å². The molecular formula is C18H22N2O3. The van der Waals surface area contributed by atoms with Crippen LogP contribution in [0.2, 0.25) is 0 Å². The number of nitrogens with zero attached hydrogens (tertiary/aromatic N) is 1. The van der Waals surface area contributed by atoms with Crippen molar-refractivity contribution in [2.45, 2.75) is 25.4 Å². The molecule has 0 saturated carbocycles. The van der Waals surface area contributed by atoms with E-state index in [0.717, 1.165) is 23.5 Å². The van der Waals surface area contributed by atoms with Crippen LogP contribution in [-0.4, -0.2) is 30.6 Å². The van der Waals surface area contributed by atoms with Gasteiger partial charge in [0, 0.05) is 13.0 Å². The van der Waals surface area contributed by atoms with Crippen LogP contribution in [0.3, 0.4) is 0 Å². The summed E-state index contributed by atoms with van der Waals surface area (Å²) in [6, 6.07) is 12.4. The van der Waals surface area contributed by atoms with Crippen LogP contribution in [-0.2, 0) is 16.0 Å². The molecule has 0 bridgehead atoms. The number of carbonyl (C=O) groups is 1. The Morgan fingerprint density at radius 1 is 1.30 bits per heavy atom. The smallest absolute Gasteiger partial charge is 0.244 e. The van der Waals surface area contributed by atoms with Gasteiger partial charge in [0.25, 0.3) is 0 Å². The minimum absolute atomic E-state index is 0.0982. The highest BCUT2D eigenvalue weighted by molar-refractivity contribution is 5.83. The molecule has 1 amide bonds. The number of amides is 1. The Labute approximate surface area is 136 Å². The van der Waals surface area contributed by atoms with Crippen molar-refractivity contribution in [1.82, 2.24) is 4.90 Å². The monoisotopic (exact) mass is 314 g/mol. The van der Waals surface area contributed by atoms with Crippen molar-refractivity contribution < 1.29 is 13.9 Å². The summed E-state index contributed by atoms with van der Waals surface area (Å²) in [6.45, 7) is 3.51. The van der Waals surface area contributed by atoms with E-state index < -0.39 is 6.04 Å². The topological polar surface area (TPSA) is 68.7 Å². The van der Waals surface area contributed by atoms with E-state index in [9.17, 15) is 4.79 Å². The maximum Gasteiger partial charge on any atom is 0.244 e. The van der Waals surface area contributed by atoms with Crippen molar-refractivity contribution in [2.24, 2.45) is 5.73 Å². The van der Waals surface area contributed by atoms with Gasteiger partial charge in [-0.3, -0.25) is 4.79 Å². The maximum atomic E-state index is 12.9. The van der Waals surface area contributed by atoms with Crippen LogP contribution < -0.4 is 5.73 Å². The lowest BCUT2D eigenvalue weighted by Gasteiger charge is -2.36. The van der Waals surface area contributed by atoms with E-state index in [0.29, 0.717) is 19.8 Å². The molecule has 1 aromatic heterocycles. The molecule has 122 valence electrons. The largest absolute Gasteiger partial charge is 0.464 e. The summed E-state index contributed by atoms with van der Waals surface area (Å²) in [6.07, 6.45) is 0.824. The van der Waals surface area contributed by atoms with Gasteiger partial charge in [0.1, 0.15) is 23.6 Å². The van der Waals surface area contributed by atoms with Crippen molar-refractivity contribution in [1.29, 1.82) is 0 Å². The van der Waals surface area contributed by atoms with Crippen LogP contribution >= 0.6 is 0 Å². The number of benzene rings is 1. The Kier molecular flexibility index (Phi) is 4.79. The first-order valence-corrected chi connectivity index (χ1v) is 7.98. The Balaban J connectivity index is 1.81. The van der Waals surface area contributed by atoms with Crippen molar-refractivity contribution >= 4 is 5.91 Å². The van der Waals surface area contributed by atoms with Gasteiger partial charge in [0.05, 0.1) is 13.2 Å². The summed E-state index contributed by atoms with van der Waals surface area (Å²) in [5.41, 5.74) is 6.99. The summed E-state index contributed by atoms with van der Waals surface area (Å²) >= 11 is 0. The van der Waals surface area contributed by atoms with Gasteiger partial charge in [-0.1, -0.05) is 37.3 Å². The second-order valence-corrected chi connectivity index (χ2v) is 5.67. The summed E-state index contributed by atoms with van der Waals surface area (Å²) in [4.78, 5) is 14.6. The Bertz CT molecular complexity index is 653. The van der Waals surface area contributed by atoms with E-state index >= 15 is 0 Å². The van der Waals surface area contributed by atoms with E-state index in [2.05, 4.69) is 0 Å². The zero-order valence-electron chi connectivity index (χ0n) is 13.3. The molecule has 0 unspecified atom stereocenters. The van der Waals surface area contributed by atoms with Crippen LogP contribution in [0.4, 0.5) is 0 Å². The van der Waals surface area contributed by atoms with Crippen LogP contribution in [0.15, 0.2) is 46.9 Å². The number of morpholine rings is 1. The van der Waals surface area contributed by atoms with E-state index in [1.807, 2.05) is 49.4 Å². The highest BCUT2D eigenvalue weighted by Gasteiger charge is 2.33. The predicted molar refractivity (Wildman–Crippen MR) is 86.7 cm³/mol. The first kappa shape index (κ1) is 15.8. The van der Waals surface area contributed by atoms with Crippen molar-refractivity contribution in [3.05, 3.63) is 59.5 Å². The van der Waals surface area contributed by atoms with Crippen LogP contribution in [0, 0.1) is 0 Å². The van der Waals surface area contributed by atoms with Gasteiger partial charge >= 0.3 is 0 Å². The molecule has 1 saturated heterocycles. The lowest BCUT2D eigenvalue weighted by molar-refractivity contribution is -0.142. The Morgan fingerprint density at radius 2 is 2.09 bits per heavy atom. The summed E-state index contributed by atoms with van der Waals surface area (Å²) in [7, 11) is 0. The molecule has 1 aliphatic rings. The average Bonchev–Trinajstić information content (AvgIpc) is 3.10. The van der Waals surface area contributed by atoms with Crippen LogP contribution in [0.25, 0.3) is 0 Å². The van der Waals surface area contributed by atoms with E-state index in [1.165, 1.54) is 0 Å². The van der Waals surface area contributed by atoms with Crippen LogP contribution in [0.1, 0.15) is 36.1 Å². The predicted octanol–water partition coefficient (Wildman–Crippen LogP) is 2.44. The normalized spacial score (nSPS) is 19.6. The zero-order valence-corrected chi connectivity index (χ0v) is 13.3. The fourth-order valence-corrected chi connectivity index (χ4v) is 2.85. The third kappa shape index (κ3) is 3.30. The number of hydrogen-bond donors (Lipinski definition) is 1. The molecule has 5 nitrogen and oxygen atoms in total. The Morgan fingerprint density at radius 3 is 2.78 bits per heavy atom. The standard InChI is InChI=1S/C18H22N2O3/c1-2-14-8-9-16(23-14)15-12-22-11-10-20(15)18(21)17(19)13-6-4-3-5-7-13/h3-9,15,17H,2,10-12,19H2,1H3/t15-,17+/m1/s1. The first-order valence-electron chi connectivity index (χ1n) is 7.98. The lowest BCUT2D eigenvalue weighted by Crippen LogP contribution is -2.47. The minimum atomic E-state index is -0.669. The SMILES string of the molecule is CCc1ccc([C@H]2COCCN2C(=O)[C@@H](N)c2ccccc2)o1. The number of ether oxygens (including phenoxy) is 1. The number of nitrogens with two attached hydrogens (primary N) is 1. The first-order chi connectivity index (χ1) is 11.2. The summed E-state index contributed by atoms with van der Waals surface area (Å²) < 4.78 is 11.4. The molecule has 5 heteroatoms. The van der Waals surface area contributed by atoms with Gasteiger partial charge in [-0.15, -0.1) is 0 Å². The molecule has 0 spiro atoms. The molecule has 1 aromatic carbocycles. The third-order valence-corrected chi connectivity index (χ3v) is 4.20. The molecule has 1 aliphatic heterocycles. The van der Waals surface area contributed by atoms with Gasteiger partial charge in [-0.25, -0.2) is 0 Å². The molecule has 2 atom stereocenters. The fraction of sp³-hybridized carbons (Fsp3) is 0.389. The van der Waals surface area contributed by atoms with Crippen molar-refractivity contribution in [3.8, 4) is 0 Å². The summed E-state index contributed by atoms with van der Waals surface area (Å²) in [5, 5.41) is 0. The highest BCUT2D eigenvalue weighted by Crippen LogP contribution is 2.28. The second kappa shape index (κ2) is 6.98. The van der Waals surface area contributed by atoms with E-state index in [4.69, 9.17) is 14.9 Å². The number of rotatable bonds is 4. The molecule has 2 N–H and O–H groups in total. The summed E-state index contributed by atoms with van der Waals surface area (Å²) in [5.74, 6) is 1.57. The Hall–Kier alpha value is -2.11. The molecule has 23 heavy (non-hydrogen) atoms.